The molecule has 0 saturated heterocycles. The molecule has 0 heterocycles. The van der Waals surface area contributed by atoms with Gasteiger partial charge in [0.1, 0.15) is 6.10 Å². The van der Waals surface area contributed by atoms with Gasteiger partial charge in [0.2, 0.25) is 0 Å². The summed E-state index contributed by atoms with van der Waals surface area (Å²) in [6, 6.07) is 0. The highest BCUT2D eigenvalue weighted by Crippen LogP contribution is 2.65. The van der Waals surface area contributed by atoms with Gasteiger partial charge in [0.25, 0.3) is 0 Å². The van der Waals surface area contributed by atoms with Crippen LogP contribution in [0.4, 0.5) is 0 Å². The van der Waals surface area contributed by atoms with Crippen LogP contribution in [0.25, 0.3) is 0 Å². The van der Waals surface area contributed by atoms with Crippen LogP contribution in [-0.4, -0.2) is 24.1 Å². The maximum absolute atomic E-state index is 12.0. The van der Waals surface area contributed by atoms with Gasteiger partial charge in [0, 0.05) is 0 Å². The normalized spacial score (nSPS) is 36.9. The third kappa shape index (κ3) is 6.53. The van der Waals surface area contributed by atoms with Gasteiger partial charge in [0.05, 0.1) is 5.75 Å². The third-order valence-electron chi connectivity index (χ3n) is 10.5. The maximum atomic E-state index is 12.0. The molecular formula is C30H54O2S. The number of fused-ring (bicyclic) bond motifs is 3. The van der Waals surface area contributed by atoms with E-state index in [1.165, 1.54) is 77.0 Å². The molecule has 2 nitrogen and oxygen atoms in total. The number of carbonyl (C=O) groups excluding carboxylic acids is 1. The zero-order valence-electron chi connectivity index (χ0n) is 22.8. The molecule has 33 heavy (non-hydrogen) atoms. The Kier molecular flexibility index (Phi) is 10.1. The van der Waals surface area contributed by atoms with Crippen molar-refractivity contribution in [3.05, 3.63) is 0 Å². The van der Waals surface area contributed by atoms with Crippen LogP contribution in [0.5, 0.6) is 0 Å². The van der Waals surface area contributed by atoms with Crippen molar-refractivity contribution in [3.8, 4) is 0 Å². The highest BCUT2D eigenvalue weighted by Gasteiger charge is 2.57. The monoisotopic (exact) mass is 478 g/mol. The van der Waals surface area contributed by atoms with Crippen molar-refractivity contribution in [2.24, 2.45) is 40.4 Å². The minimum absolute atomic E-state index is 0.0279. The first-order valence-corrected chi connectivity index (χ1v) is 15.8. The fraction of sp³-hybridized carbons (Fsp3) is 0.967. The standard InChI is InChI=1S/C30H54O2S/c1-7-24(32-28(31)21-33-6)16-19-29(4)18-10-13-25-26(29)17-20-30(5)23(14-15-27(25)30)12-9-8-11-22(2)3/h22-27H,7-21H2,1-6H3/t23-,24+,25?,26?,27?,29+,30+/m0/s1. The molecule has 3 aliphatic rings. The number of hydrogen-bond acceptors (Lipinski definition) is 3. The van der Waals surface area contributed by atoms with Crippen molar-refractivity contribution < 1.29 is 9.53 Å². The van der Waals surface area contributed by atoms with Gasteiger partial charge in [-0.15, -0.1) is 0 Å². The fourth-order valence-electron chi connectivity index (χ4n) is 8.49. The summed E-state index contributed by atoms with van der Waals surface area (Å²) >= 11 is 1.56. The second kappa shape index (κ2) is 12.2. The lowest BCUT2D eigenvalue weighted by Gasteiger charge is -2.57. The molecule has 3 aliphatic carbocycles. The van der Waals surface area contributed by atoms with Gasteiger partial charge in [-0.2, -0.15) is 11.8 Å². The zero-order chi connectivity index (χ0) is 24.1. The number of ether oxygens (including phenoxy) is 1. The van der Waals surface area contributed by atoms with Gasteiger partial charge in [-0.3, -0.25) is 4.79 Å². The summed E-state index contributed by atoms with van der Waals surface area (Å²) in [6.45, 7) is 12.2. The predicted octanol–water partition coefficient (Wildman–Crippen LogP) is 8.92. The molecule has 3 fully saturated rings. The van der Waals surface area contributed by atoms with Crippen LogP contribution < -0.4 is 0 Å². The number of carbonyl (C=O) groups is 1. The average Bonchev–Trinajstić information content (AvgIpc) is 3.11. The summed E-state index contributed by atoms with van der Waals surface area (Å²) in [7, 11) is 0. The van der Waals surface area contributed by atoms with E-state index in [-0.39, 0.29) is 12.1 Å². The molecule has 192 valence electrons. The van der Waals surface area contributed by atoms with E-state index in [4.69, 9.17) is 4.74 Å². The van der Waals surface area contributed by atoms with Crippen molar-refractivity contribution in [1.82, 2.24) is 0 Å². The minimum atomic E-state index is -0.0279. The molecule has 0 aliphatic heterocycles. The van der Waals surface area contributed by atoms with E-state index in [9.17, 15) is 4.79 Å². The second-order valence-electron chi connectivity index (χ2n) is 12.9. The van der Waals surface area contributed by atoms with E-state index in [0.717, 1.165) is 42.4 Å². The second-order valence-corrected chi connectivity index (χ2v) is 13.8. The summed E-state index contributed by atoms with van der Waals surface area (Å²) in [5, 5.41) is 0. The summed E-state index contributed by atoms with van der Waals surface area (Å²) in [4.78, 5) is 12.0. The summed E-state index contributed by atoms with van der Waals surface area (Å²) < 4.78 is 5.81. The molecule has 0 spiro atoms. The van der Waals surface area contributed by atoms with Crippen LogP contribution >= 0.6 is 11.8 Å². The molecule has 0 aromatic rings. The first-order chi connectivity index (χ1) is 15.7. The Balaban J connectivity index is 1.59. The lowest BCUT2D eigenvalue weighted by atomic mass is 9.48. The smallest absolute Gasteiger partial charge is 0.316 e. The molecular weight excluding hydrogens is 424 g/mol. The minimum Gasteiger partial charge on any atom is -0.462 e. The Morgan fingerprint density at radius 3 is 2.52 bits per heavy atom. The first-order valence-electron chi connectivity index (χ1n) is 14.4. The van der Waals surface area contributed by atoms with E-state index in [1.54, 1.807) is 11.8 Å². The number of hydrogen-bond donors (Lipinski definition) is 0. The quantitative estimate of drug-likeness (QED) is 0.207. The lowest BCUT2D eigenvalue weighted by molar-refractivity contribution is -0.147. The van der Waals surface area contributed by atoms with Crippen molar-refractivity contribution in [1.29, 1.82) is 0 Å². The Hall–Kier alpha value is -0.180. The Labute approximate surface area is 210 Å². The topological polar surface area (TPSA) is 26.3 Å². The van der Waals surface area contributed by atoms with Gasteiger partial charge in [0.15, 0.2) is 0 Å². The van der Waals surface area contributed by atoms with Gasteiger partial charge in [-0.25, -0.2) is 0 Å². The predicted molar refractivity (Wildman–Crippen MR) is 144 cm³/mol. The Bertz CT molecular complexity index is 618. The average molecular weight is 479 g/mol. The van der Waals surface area contributed by atoms with Crippen LogP contribution in [0.3, 0.4) is 0 Å². The summed E-state index contributed by atoms with van der Waals surface area (Å²) in [5.41, 5.74) is 1.05. The molecule has 3 saturated carbocycles. The largest absolute Gasteiger partial charge is 0.462 e. The van der Waals surface area contributed by atoms with Crippen LogP contribution in [-0.2, 0) is 9.53 Å². The van der Waals surface area contributed by atoms with Gasteiger partial charge >= 0.3 is 5.97 Å². The molecule has 0 radical (unpaired) electrons. The van der Waals surface area contributed by atoms with E-state index >= 15 is 0 Å². The van der Waals surface area contributed by atoms with E-state index in [0.29, 0.717) is 16.6 Å². The molecule has 0 bridgehead atoms. The molecule has 7 atom stereocenters. The van der Waals surface area contributed by atoms with Gasteiger partial charge < -0.3 is 4.74 Å². The highest BCUT2D eigenvalue weighted by molar-refractivity contribution is 7.99. The van der Waals surface area contributed by atoms with Crippen molar-refractivity contribution in [2.45, 2.75) is 131 Å². The van der Waals surface area contributed by atoms with E-state index < -0.39 is 0 Å². The molecule has 0 aromatic carbocycles. The molecule has 3 rings (SSSR count). The van der Waals surface area contributed by atoms with E-state index in [2.05, 4.69) is 34.6 Å². The zero-order valence-corrected chi connectivity index (χ0v) is 23.6. The Morgan fingerprint density at radius 2 is 1.82 bits per heavy atom. The van der Waals surface area contributed by atoms with Crippen molar-refractivity contribution in [3.63, 3.8) is 0 Å². The first kappa shape index (κ1) is 27.4. The SMILES string of the molecule is CC[C@H](CC[C@@]1(C)CCCC2C1CC[C@@]1(C)C2CC[C@@H]1CCCCC(C)C)OC(=O)CSC. The number of esters is 1. The van der Waals surface area contributed by atoms with Gasteiger partial charge in [-0.1, -0.05) is 60.3 Å². The van der Waals surface area contributed by atoms with Crippen molar-refractivity contribution in [2.75, 3.05) is 12.0 Å². The molecule has 0 aromatic heterocycles. The molecule has 3 unspecified atom stereocenters. The van der Waals surface area contributed by atoms with Gasteiger partial charge in [-0.05, 0) is 111 Å². The summed E-state index contributed by atoms with van der Waals surface area (Å²) in [5.74, 6) is 5.09. The van der Waals surface area contributed by atoms with Crippen molar-refractivity contribution >= 4 is 17.7 Å². The Morgan fingerprint density at radius 1 is 1.03 bits per heavy atom. The van der Waals surface area contributed by atoms with Crippen LogP contribution in [0.15, 0.2) is 0 Å². The number of unbranched alkanes of at least 4 members (excludes halogenated alkanes) is 1. The number of thioether (sulfide) groups is 1. The number of rotatable bonds is 12. The summed E-state index contributed by atoms with van der Waals surface area (Å²) in [6.07, 6.45) is 21.2. The lowest BCUT2D eigenvalue weighted by Crippen LogP contribution is -2.49. The fourth-order valence-corrected chi connectivity index (χ4v) is 8.80. The highest BCUT2D eigenvalue weighted by atomic mass is 32.2. The van der Waals surface area contributed by atoms with Crippen LogP contribution in [0.1, 0.15) is 125 Å². The molecule has 0 N–H and O–H groups in total. The third-order valence-corrected chi connectivity index (χ3v) is 11.0. The van der Waals surface area contributed by atoms with Crippen LogP contribution in [0, 0.1) is 40.4 Å². The molecule has 0 amide bonds. The maximum Gasteiger partial charge on any atom is 0.316 e. The van der Waals surface area contributed by atoms with E-state index in [1.807, 2.05) is 6.26 Å². The molecule has 3 heteroatoms. The van der Waals surface area contributed by atoms with Crippen LogP contribution in [0.2, 0.25) is 0 Å².